The third kappa shape index (κ3) is 6.11. The zero-order valence-corrected chi connectivity index (χ0v) is 19.7. The maximum Gasteiger partial charge on any atom is 0.345 e. The molecule has 0 bridgehead atoms. The molecule has 1 aliphatic carbocycles. The standard InChI is InChI=1S/C24H32ClN3O3/c1-6-19(13-26-12-17-7-8-17)28-20-11-16(4)27-23(21(20)24(29)30-5)31-22-14(2)9-18(25)10-15(22)3/h9-11,17,19,26H,6-8,12-13H2,1-5H3,(H,27,28). The van der Waals surface area contributed by atoms with Crippen LogP contribution in [0.25, 0.3) is 0 Å². The third-order valence-electron chi connectivity index (χ3n) is 5.50. The van der Waals surface area contributed by atoms with Crippen LogP contribution < -0.4 is 15.4 Å². The normalized spacial score (nSPS) is 14.3. The number of rotatable bonds is 10. The maximum atomic E-state index is 12.7. The smallest absolute Gasteiger partial charge is 0.345 e. The lowest BCUT2D eigenvalue weighted by Crippen LogP contribution is -2.34. The van der Waals surface area contributed by atoms with Crippen LogP contribution in [0.5, 0.6) is 11.6 Å². The van der Waals surface area contributed by atoms with E-state index in [1.807, 2.05) is 39.0 Å². The first-order valence-corrected chi connectivity index (χ1v) is 11.2. The van der Waals surface area contributed by atoms with Gasteiger partial charge in [-0.2, -0.15) is 0 Å². The minimum atomic E-state index is -0.491. The number of carbonyl (C=O) groups excluding carboxylic acids is 1. The van der Waals surface area contributed by atoms with Gasteiger partial charge >= 0.3 is 5.97 Å². The minimum absolute atomic E-state index is 0.163. The molecule has 2 aromatic rings. The minimum Gasteiger partial charge on any atom is -0.465 e. The van der Waals surface area contributed by atoms with Crippen molar-refractivity contribution in [1.29, 1.82) is 0 Å². The third-order valence-corrected chi connectivity index (χ3v) is 5.72. The predicted molar refractivity (Wildman–Crippen MR) is 125 cm³/mol. The van der Waals surface area contributed by atoms with Crippen molar-refractivity contribution in [2.24, 2.45) is 5.92 Å². The summed E-state index contributed by atoms with van der Waals surface area (Å²) in [5.74, 6) is 1.19. The first-order chi connectivity index (χ1) is 14.8. The van der Waals surface area contributed by atoms with Gasteiger partial charge in [0.1, 0.15) is 11.3 Å². The average molecular weight is 446 g/mol. The Bertz CT molecular complexity index is 921. The van der Waals surface area contributed by atoms with E-state index in [9.17, 15) is 4.79 Å². The van der Waals surface area contributed by atoms with Gasteiger partial charge in [0.25, 0.3) is 0 Å². The van der Waals surface area contributed by atoms with E-state index in [-0.39, 0.29) is 11.9 Å². The molecular weight excluding hydrogens is 414 g/mol. The summed E-state index contributed by atoms with van der Waals surface area (Å²) in [5.41, 5.74) is 3.44. The molecule has 0 saturated heterocycles. The molecule has 0 aliphatic heterocycles. The number of carbonyl (C=O) groups is 1. The summed E-state index contributed by atoms with van der Waals surface area (Å²) in [6, 6.07) is 5.69. The van der Waals surface area contributed by atoms with E-state index in [0.29, 0.717) is 22.0 Å². The highest BCUT2D eigenvalue weighted by Gasteiger charge is 2.25. The van der Waals surface area contributed by atoms with E-state index in [2.05, 4.69) is 22.5 Å². The lowest BCUT2D eigenvalue weighted by Gasteiger charge is -2.22. The van der Waals surface area contributed by atoms with Crippen molar-refractivity contribution in [1.82, 2.24) is 10.3 Å². The molecule has 1 aromatic heterocycles. The van der Waals surface area contributed by atoms with Gasteiger partial charge in [0, 0.05) is 23.3 Å². The molecule has 6 nitrogen and oxygen atoms in total. The number of ether oxygens (including phenoxy) is 2. The fourth-order valence-electron chi connectivity index (χ4n) is 3.59. The highest BCUT2D eigenvalue weighted by atomic mass is 35.5. The zero-order chi connectivity index (χ0) is 22.5. The predicted octanol–water partition coefficient (Wildman–Crippen LogP) is 5.43. The monoisotopic (exact) mass is 445 g/mol. The number of halogens is 1. The van der Waals surface area contributed by atoms with Crippen molar-refractivity contribution in [3.63, 3.8) is 0 Å². The molecule has 0 amide bonds. The van der Waals surface area contributed by atoms with E-state index < -0.39 is 5.97 Å². The van der Waals surface area contributed by atoms with E-state index in [1.165, 1.54) is 20.0 Å². The van der Waals surface area contributed by atoms with Crippen LogP contribution in [0, 0.1) is 26.7 Å². The van der Waals surface area contributed by atoms with Gasteiger partial charge < -0.3 is 20.1 Å². The highest BCUT2D eigenvalue weighted by Crippen LogP contribution is 2.35. The van der Waals surface area contributed by atoms with E-state index in [4.69, 9.17) is 21.1 Å². The Kier molecular flexibility index (Phi) is 7.79. The van der Waals surface area contributed by atoms with Crippen molar-refractivity contribution in [2.75, 3.05) is 25.5 Å². The van der Waals surface area contributed by atoms with Crippen LogP contribution in [-0.4, -0.2) is 37.2 Å². The molecule has 1 saturated carbocycles. The Morgan fingerprint density at radius 1 is 1.23 bits per heavy atom. The number of pyridine rings is 1. The van der Waals surface area contributed by atoms with Crippen LogP contribution in [0.2, 0.25) is 5.02 Å². The Morgan fingerprint density at radius 2 is 1.90 bits per heavy atom. The van der Waals surface area contributed by atoms with Gasteiger partial charge in [0.2, 0.25) is 5.88 Å². The molecule has 1 fully saturated rings. The molecule has 0 radical (unpaired) electrons. The molecule has 1 unspecified atom stereocenters. The quantitative estimate of drug-likeness (QED) is 0.475. The molecule has 1 aliphatic rings. The van der Waals surface area contributed by atoms with Gasteiger partial charge in [0.15, 0.2) is 0 Å². The number of aromatic nitrogens is 1. The summed E-state index contributed by atoms with van der Waals surface area (Å²) >= 11 is 6.16. The Balaban J connectivity index is 1.92. The number of nitrogens with zero attached hydrogens (tertiary/aromatic N) is 1. The first kappa shape index (κ1) is 23.4. The van der Waals surface area contributed by atoms with Gasteiger partial charge in [-0.1, -0.05) is 18.5 Å². The summed E-state index contributed by atoms with van der Waals surface area (Å²) in [4.78, 5) is 17.3. The topological polar surface area (TPSA) is 72.5 Å². The van der Waals surface area contributed by atoms with Crippen molar-refractivity contribution in [3.8, 4) is 11.6 Å². The largest absolute Gasteiger partial charge is 0.465 e. The van der Waals surface area contributed by atoms with Crippen LogP contribution >= 0.6 is 11.6 Å². The van der Waals surface area contributed by atoms with Crippen LogP contribution in [0.3, 0.4) is 0 Å². The van der Waals surface area contributed by atoms with Crippen LogP contribution in [0.15, 0.2) is 18.2 Å². The number of benzene rings is 1. The molecule has 168 valence electrons. The molecule has 1 heterocycles. The van der Waals surface area contributed by atoms with Crippen LogP contribution in [0.4, 0.5) is 5.69 Å². The second kappa shape index (κ2) is 10.3. The molecule has 2 N–H and O–H groups in total. The Labute approximate surface area is 189 Å². The van der Waals surface area contributed by atoms with E-state index in [1.54, 1.807) is 0 Å². The summed E-state index contributed by atoms with van der Waals surface area (Å²) in [7, 11) is 1.36. The molecule has 3 rings (SSSR count). The average Bonchev–Trinajstić information content (AvgIpc) is 3.53. The molecule has 31 heavy (non-hydrogen) atoms. The second-order valence-corrected chi connectivity index (χ2v) is 8.74. The lowest BCUT2D eigenvalue weighted by molar-refractivity contribution is 0.0598. The van der Waals surface area contributed by atoms with Crippen LogP contribution in [-0.2, 0) is 4.74 Å². The maximum absolute atomic E-state index is 12.7. The molecular formula is C24H32ClN3O3. The second-order valence-electron chi connectivity index (χ2n) is 8.30. The van der Waals surface area contributed by atoms with Gasteiger partial charge in [-0.3, -0.25) is 0 Å². The molecule has 1 aromatic carbocycles. The van der Waals surface area contributed by atoms with E-state index >= 15 is 0 Å². The van der Waals surface area contributed by atoms with Gasteiger partial charge in [0.05, 0.1) is 12.8 Å². The van der Waals surface area contributed by atoms with Gasteiger partial charge in [-0.05, 0) is 81.8 Å². The number of anilines is 1. The molecule has 7 heteroatoms. The number of hydrogen-bond donors (Lipinski definition) is 2. The zero-order valence-electron chi connectivity index (χ0n) is 19.0. The molecule has 0 spiro atoms. The lowest BCUT2D eigenvalue weighted by atomic mass is 10.1. The number of nitrogens with one attached hydrogen (secondary N) is 2. The van der Waals surface area contributed by atoms with Crippen molar-refractivity contribution in [3.05, 3.63) is 45.6 Å². The number of esters is 1. The van der Waals surface area contributed by atoms with Gasteiger partial charge in [-0.15, -0.1) is 0 Å². The van der Waals surface area contributed by atoms with Crippen molar-refractivity contribution < 1.29 is 14.3 Å². The van der Waals surface area contributed by atoms with Crippen molar-refractivity contribution in [2.45, 2.75) is 53.0 Å². The first-order valence-electron chi connectivity index (χ1n) is 10.8. The molecule has 1 atom stereocenters. The number of aryl methyl sites for hydroxylation is 3. The Morgan fingerprint density at radius 3 is 2.48 bits per heavy atom. The fraction of sp³-hybridized carbons (Fsp3) is 0.500. The fourth-order valence-corrected chi connectivity index (χ4v) is 3.92. The summed E-state index contributed by atoms with van der Waals surface area (Å²) in [5, 5.41) is 7.68. The van der Waals surface area contributed by atoms with Crippen LogP contribution in [0.1, 0.15) is 53.4 Å². The van der Waals surface area contributed by atoms with E-state index in [0.717, 1.165) is 42.2 Å². The summed E-state index contributed by atoms with van der Waals surface area (Å²) < 4.78 is 11.3. The van der Waals surface area contributed by atoms with Gasteiger partial charge in [-0.25, -0.2) is 9.78 Å². The van der Waals surface area contributed by atoms with Crippen molar-refractivity contribution >= 4 is 23.3 Å². The Hall–Kier alpha value is -2.31. The summed E-state index contributed by atoms with van der Waals surface area (Å²) in [6.07, 6.45) is 3.54. The number of hydrogen-bond acceptors (Lipinski definition) is 6. The summed E-state index contributed by atoms with van der Waals surface area (Å²) in [6.45, 7) is 9.70. The number of methoxy groups -OCH3 is 1. The SMILES string of the molecule is CCC(CNCC1CC1)Nc1cc(C)nc(Oc2c(C)cc(Cl)cc2C)c1C(=O)OC. The highest BCUT2D eigenvalue weighted by molar-refractivity contribution is 6.30.